The minimum Gasteiger partial charge on any atom is -0.423 e. The first kappa shape index (κ1) is 25.4. The van der Waals surface area contributed by atoms with Crippen LogP contribution in [0.4, 0.5) is 0 Å². The molecule has 1 amide bonds. The first-order valence-electron chi connectivity index (χ1n) is 12.2. The molecule has 0 bridgehead atoms. The Kier molecular flexibility index (Phi) is 7.39. The Morgan fingerprint density at radius 1 is 1.05 bits per heavy atom. The molecule has 0 saturated heterocycles. The fourth-order valence-corrected chi connectivity index (χ4v) is 4.90. The van der Waals surface area contributed by atoms with Gasteiger partial charge in [0, 0.05) is 34.6 Å². The first-order chi connectivity index (χ1) is 18.4. The molecule has 38 heavy (non-hydrogen) atoms. The number of nitrogens with one attached hydrogen (secondary N) is 1. The van der Waals surface area contributed by atoms with Crippen LogP contribution in [-0.4, -0.2) is 26.1 Å². The maximum absolute atomic E-state index is 13.1. The van der Waals surface area contributed by atoms with E-state index in [9.17, 15) is 4.79 Å². The van der Waals surface area contributed by atoms with Gasteiger partial charge in [0.2, 0.25) is 11.8 Å². The van der Waals surface area contributed by atoms with E-state index in [0.717, 1.165) is 33.0 Å². The van der Waals surface area contributed by atoms with Crippen molar-refractivity contribution in [2.75, 3.05) is 0 Å². The summed E-state index contributed by atoms with van der Waals surface area (Å²) >= 11 is 1.52. The van der Waals surface area contributed by atoms with Crippen molar-refractivity contribution in [3.05, 3.63) is 118 Å². The third-order valence-electron chi connectivity index (χ3n) is 6.04. The summed E-state index contributed by atoms with van der Waals surface area (Å²) < 4.78 is 6.01. The van der Waals surface area contributed by atoms with Crippen molar-refractivity contribution in [1.82, 2.24) is 25.5 Å². The molecular formula is C29H28N6O2S. The largest absolute Gasteiger partial charge is 0.423 e. The van der Waals surface area contributed by atoms with Crippen LogP contribution in [-0.2, 0) is 24.9 Å². The minimum absolute atomic E-state index is 0.187. The predicted octanol–water partition coefficient (Wildman–Crippen LogP) is 4.83. The first-order valence-corrected chi connectivity index (χ1v) is 13.1. The normalized spacial score (nSPS) is 12.7. The molecule has 5 aromatic rings. The molecule has 9 heteroatoms. The lowest BCUT2D eigenvalue weighted by Crippen LogP contribution is -2.35. The van der Waals surface area contributed by atoms with Crippen LogP contribution in [0.2, 0.25) is 0 Å². The zero-order chi connectivity index (χ0) is 26.5. The molecule has 8 nitrogen and oxygen atoms in total. The third-order valence-corrected chi connectivity index (χ3v) is 7.01. The molecule has 0 saturated carbocycles. The maximum Gasteiger partial charge on any atom is 0.251 e. The minimum atomic E-state index is -0.816. The molecule has 0 spiro atoms. The van der Waals surface area contributed by atoms with Crippen molar-refractivity contribution in [3.8, 4) is 11.1 Å². The second-order valence-corrected chi connectivity index (χ2v) is 10.4. The summed E-state index contributed by atoms with van der Waals surface area (Å²) in [5, 5.41) is 14.3. The number of hydrogen-bond acceptors (Lipinski definition) is 8. The number of rotatable bonds is 9. The fraction of sp³-hybridized carbons (Fsp3) is 0.207. The summed E-state index contributed by atoms with van der Waals surface area (Å²) in [4.78, 5) is 21.8. The Hall–Kier alpha value is -4.21. The zero-order valence-electron chi connectivity index (χ0n) is 21.2. The lowest BCUT2D eigenvalue weighted by atomic mass is 9.94. The number of aryl methyl sites for hydroxylation is 1. The van der Waals surface area contributed by atoms with E-state index in [1.54, 1.807) is 12.4 Å². The van der Waals surface area contributed by atoms with Crippen LogP contribution in [0.5, 0.6) is 0 Å². The average Bonchev–Trinajstić information content (AvgIpc) is 3.57. The molecule has 0 fully saturated rings. The van der Waals surface area contributed by atoms with Crippen LogP contribution in [0, 0.1) is 6.92 Å². The molecule has 0 aliphatic heterocycles. The topological polar surface area (TPSA) is 120 Å². The van der Waals surface area contributed by atoms with E-state index in [1.807, 2.05) is 79.9 Å². The molecule has 0 aliphatic rings. The lowest BCUT2D eigenvalue weighted by Gasteiger charge is -2.20. The molecular weight excluding hydrogens is 496 g/mol. The molecule has 3 aromatic heterocycles. The van der Waals surface area contributed by atoms with E-state index in [-0.39, 0.29) is 5.91 Å². The van der Waals surface area contributed by atoms with Crippen molar-refractivity contribution < 1.29 is 9.21 Å². The summed E-state index contributed by atoms with van der Waals surface area (Å²) in [5.74, 6) is 0.614. The molecule has 1 atom stereocenters. The predicted molar refractivity (Wildman–Crippen MR) is 146 cm³/mol. The Morgan fingerprint density at radius 3 is 2.63 bits per heavy atom. The summed E-state index contributed by atoms with van der Waals surface area (Å²) in [6.45, 7) is 4.18. The number of amides is 1. The second kappa shape index (κ2) is 11.0. The van der Waals surface area contributed by atoms with Crippen LogP contribution < -0.4 is 11.1 Å². The SMILES string of the molecule is Cc1csc(CNC(=O)c2cc(Cc3nnc(C(C)(N)Cc4ccccc4)o3)cc(-c3cccnc3)c2)n1. The van der Waals surface area contributed by atoms with E-state index in [0.29, 0.717) is 36.7 Å². The monoisotopic (exact) mass is 524 g/mol. The van der Waals surface area contributed by atoms with Crippen LogP contribution in [0.1, 0.15) is 50.9 Å². The highest BCUT2D eigenvalue weighted by atomic mass is 32.1. The van der Waals surface area contributed by atoms with Crippen LogP contribution in [0.15, 0.2) is 82.9 Å². The van der Waals surface area contributed by atoms with Crippen molar-refractivity contribution in [1.29, 1.82) is 0 Å². The molecule has 1 unspecified atom stereocenters. The number of nitrogens with two attached hydrogens (primary N) is 1. The molecule has 192 valence electrons. The van der Waals surface area contributed by atoms with E-state index >= 15 is 0 Å². The van der Waals surface area contributed by atoms with Crippen molar-refractivity contribution >= 4 is 17.2 Å². The van der Waals surface area contributed by atoms with E-state index in [4.69, 9.17) is 10.2 Å². The average molecular weight is 525 g/mol. The number of aromatic nitrogens is 4. The van der Waals surface area contributed by atoms with Gasteiger partial charge in [0.25, 0.3) is 5.91 Å². The van der Waals surface area contributed by atoms with Crippen LogP contribution >= 0.6 is 11.3 Å². The van der Waals surface area contributed by atoms with E-state index in [1.165, 1.54) is 11.3 Å². The van der Waals surface area contributed by atoms with Crippen molar-refractivity contribution in [3.63, 3.8) is 0 Å². The molecule has 5 rings (SSSR count). The zero-order valence-corrected chi connectivity index (χ0v) is 22.0. The Labute approximate surface area is 225 Å². The Bertz CT molecular complexity index is 1530. The second-order valence-electron chi connectivity index (χ2n) is 9.48. The van der Waals surface area contributed by atoms with E-state index in [2.05, 4.69) is 25.5 Å². The summed E-state index contributed by atoms with van der Waals surface area (Å²) in [6.07, 6.45) is 4.41. The molecule has 0 radical (unpaired) electrons. The van der Waals surface area contributed by atoms with Gasteiger partial charge in [-0.3, -0.25) is 9.78 Å². The summed E-state index contributed by atoms with van der Waals surface area (Å²) in [6, 6.07) is 19.5. The van der Waals surface area contributed by atoms with Gasteiger partial charge in [-0.1, -0.05) is 42.5 Å². The Morgan fingerprint density at radius 2 is 1.89 bits per heavy atom. The van der Waals surface area contributed by atoms with Crippen molar-refractivity contribution in [2.45, 2.75) is 38.8 Å². The number of nitrogens with zero attached hydrogens (tertiary/aromatic N) is 4. The van der Waals surface area contributed by atoms with Gasteiger partial charge in [0.05, 0.1) is 18.5 Å². The molecule has 0 aliphatic carbocycles. The molecule has 3 N–H and O–H groups in total. The highest BCUT2D eigenvalue weighted by Crippen LogP contribution is 2.26. The van der Waals surface area contributed by atoms with Crippen LogP contribution in [0.3, 0.4) is 0 Å². The van der Waals surface area contributed by atoms with Gasteiger partial charge in [-0.2, -0.15) is 0 Å². The number of thiazole rings is 1. The summed E-state index contributed by atoms with van der Waals surface area (Å²) in [5.41, 5.74) is 10.9. The fourth-order valence-electron chi connectivity index (χ4n) is 4.19. The van der Waals surface area contributed by atoms with Gasteiger partial charge in [0.15, 0.2) is 0 Å². The lowest BCUT2D eigenvalue weighted by molar-refractivity contribution is 0.0950. The maximum atomic E-state index is 13.1. The number of hydrogen-bond donors (Lipinski definition) is 2. The standard InChI is InChI=1S/C29H28N6O2S/c1-19-18-38-26(33-19)17-32-27(36)24-12-21(11-23(14-24)22-9-6-10-31-16-22)13-25-34-35-28(37-25)29(2,30)15-20-7-4-3-5-8-20/h3-12,14,16,18H,13,15,17,30H2,1-2H3,(H,32,36). The number of pyridine rings is 1. The van der Waals surface area contributed by atoms with Gasteiger partial charge < -0.3 is 15.5 Å². The smallest absolute Gasteiger partial charge is 0.251 e. The summed E-state index contributed by atoms with van der Waals surface area (Å²) in [7, 11) is 0. The Balaban J connectivity index is 1.38. The van der Waals surface area contributed by atoms with E-state index < -0.39 is 5.54 Å². The van der Waals surface area contributed by atoms with Gasteiger partial charge in [-0.05, 0) is 55.2 Å². The van der Waals surface area contributed by atoms with Crippen LogP contribution in [0.25, 0.3) is 11.1 Å². The quantitative estimate of drug-likeness (QED) is 0.283. The van der Waals surface area contributed by atoms with Gasteiger partial charge in [0.1, 0.15) is 5.01 Å². The van der Waals surface area contributed by atoms with Gasteiger partial charge in [-0.25, -0.2) is 4.98 Å². The number of carbonyl (C=O) groups is 1. The highest BCUT2D eigenvalue weighted by Gasteiger charge is 2.28. The molecule has 2 aromatic carbocycles. The van der Waals surface area contributed by atoms with Gasteiger partial charge in [-0.15, -0.1) is 21.5 Å². The molecule has 3 heterocycles. The van der Waals surface area contributed by atoms with Crippen molar-refractivity contribution in [2.24, 2.45) is 5.73 Å². The highest BCUT2D eigenvalue weighted by molar-refractivity contribution is 7.09. The number of benzene rings is 2. The number of carbonyl (C=O) groups excluding carboxylic acids is 1. The third kappa shape index (κ3) is 6.19. The van der Waals surface area contributed by atoms with Gasteiger partial charge >= 0.3 is 0 Å².